The van der Waals surface area contributed by atoms with Gasteiger partial charge in [-0.3, -0.25) is 0 Å². The molecular formula is C18H21F3N2. The van der Waals surface area contributed by atoms with Crippen molar-refractivity contribution in [2.75, 3.05) is 19.6 Å². The Hall–Kier alpha value is -1.85. The van der Waals surface area contributed by atoms with Crippen molar-refractivity contribution >= 4 is 0 Å². The molecule has 2 aromatic carbocycles. The fraction of sp³-hybridized carbons (Fsp3) is 0.333. The lowest BCUT2D eigenvalue weighted by atomic mass is 10.0. The highest BCUT2D eigenvalue weighted by Crippen LogP contribution is 2.30. The summed E-state index contributed by atoms with van der Waals surface area (Å²) in [6.45, 7) is 5.64. The second kappa shape index (κ2) is 8.13. The molecule has 2 nitrogen and oxygen atoms in total. The maximum absolute atomic E-state index is 12.6. The third-order valence-electron chi connectivity index (χ3n) is 3.56. The first-order valence-electron chi connectivity index (χ1n) is 7.68. The van der Waals surface area contributed by atoms with Crippen LogP contribution in [0.15, 0.2) is 48.5 Å². The van der Waals surface area contributed by atoms with Gasteiger partial charge in [0.15, 0.2) is 0 Å². The summed E-state index contributed by atoms with van der Waals surface area (Å²) in [6.07, 6.45) is -4.29. The summed E-state index contributed by atoms with van der Waals surface area (Å²) >= 11 is 0. The Morgan fingerprint density at radius 3 is 1.83 bits per heavy atom. The maximum atomic E-state index is 12.6. The number of alkyl halides is 3. The number of benzene rings is 2. The summed E-state index contributed by atoms with van der Waals surface area (Å²) in [5, 5.41) is 6.57. The number of rotatable bonds is 7. The Morgan fingerprint density at radius 1 is 0.783 bits per heavy atom. The van der Waals surface area contributed by atoms with Crippen LogP contribution in [0, 0.1) is 0 Å². The van der Waals surface area contributed by atoms with Crippen LogP contribution in [-0.4, -0.2) is 19.6 Å². The molecule has 124 valence electrons. The van der Waals surface area contributed by atoms with E-state index < -0.39 is 11.7 Å². The van der Waals surface area contributed by atoms with E-state index in [9.17, 15) is 13.2 Å². The monoisotopic (exact) mass is 322 g/mol. The van der Waals surface area contributed by atoms with E-state index in [2.05, 4.69) is 17.6 Å². The summed E-state index contributed by atoms with van der Waals surface area (Å²) in [5.41, 5.74) is 2.22. The molecular weight excluding hydrogens is 301 g/mol. The summed E-state index contributed by atoms with van der Waals surface area (Å²) in [5.74, 6) is 0. The Kier molecular flexibility index (Phi) is 6.19. The zero-order valence-electron chi connectivity index (χ0n) is 13.1. The average molecular weight is 322 g/mol. The van der Waals surface area contributed by atoms with Crippen LogP contribution in [-0.2, 0) is 12.7 Å². The SMILES string of the molecule is CCNCCNCc1ccc(-c2ccc(C(F)(F)F)cc2)cc1. The van der Waals surface area contributed by atoms with Gasteiger partial charge in [0, 0.05) is 19.6 Å². The second-order valence-corrected chi connectivity index (χ2v) is 5.30. The Balaban J connectivity index is 1.94. The van der Waals surface area contributed by atoms with Crippen LogP contribution in [0.5, 0.6) is 0 Å². The molecule has 0 aliphatic carbocycles. The Bertz CT molecular complexity index is 589. The van der Waals surface area contributed by atoms with E-state index in [4.69, 9.17) is 0 Å². The average Bonchev–Trinajstić information content (AvgIpc) is 2.55. The third kappa shape index (κ3) is 5.37. The predicted molar refractivity (Wildman–Crippen MR) is 87.1 cm³/mol. The molecule has 2 aromatic rings. The van der Waals surface area contributed by atoms with Crippen molar-refractivity contribution in [2.45, 2.75) is 19.6 Å². The fourth-order valence-corrected chi connectivity index (χ4v) is 2.25. The first-order chi connectivity index (χ1) is 11.0. The first kappa shape index (κ1) is 17.5. The van der Waals surface area contributed by atoms with Gasteiger partial charge in [0.25, 0.3) is 0 Å². The van der Waals surface area contributed by atoms with Crippen molar-refractivity contribution < 1.29 is 13.2 Å². The molecule has 0 radical (unpaired) electrons. The van der Waals surface area contributed by atoms with Crippen LogP contribution >= 0.6 is 0 Å². The molecule has 5 heteroatoms. The summed E-state index contributed by atoms with van der Waals surface area (Å²) in [7, 11) is 0. The number of halogens is 3. The minimum Gasteiger partial charge on any atom is -0.316 e. The summed E-state index contributed by atoms with van der Waals surface area (Å²) in [4.78, 5) is 0. The standard InChI is InChI=1S/C18H21F3N2/c1-2-22-11-12-23-13-14-3-5-15(6-4-14)16-7-9-17(10-8-16)18(19,20)21/h3-10,22-23H,2,11-13H2,1H3. The quantitative estimate of drug-likeness (QED) is 0.751. The predicted octanol–water partition coefficient (Wildman–Crippen LogP) is 4.07. The molecule has 0 aliphatic heterocycles. The Morgan fingerprint density at radius 2 is 1.30 bits per heavy atom. The van der Waals surface area contributed by atoms with Gasteiger partial charge in [-0.25, -0.2) is 0 Å². The van der Waals surface area contributed by atoms with Crippen LogP contribution in [0.1, 0.15) is 18.1 Å². The van der Waals surface area contributed by atoms with Crippen LogP contribution in [0.25, 0.3) is 11.1 Å². The molecule has 0 saturated carbocycles. The van der Waals surface area contributed by atoms with Crippen molar-refractivity contribution in [3.05, 3.63) is 59.7 Å². The van der Waals surface area contributed by atoms with E-state index in [1.54, 1.807) is 0 Å². The van der Waals surface area contributed by atoms with E-state index in [1.807, 2.05) is 24.3 Å². The van der Waals surface area contributed by atoms with Gasteiger partial charge >= 0.3 is 6.18 Å². The normalized spacial score (nSPS) is 11.7. The van der Waals surface area contributed by atoms with E-state index >= 15 is 0 Å². The lowest BCUT2D eigenvalue weighted by Gasteiger charge is -2.09. The van der Waals surface area contributed by atoms with Gasteiger partial charge in [0.05, 0.1) is 5.56 Å². The number of likely N-dealkylation sites (N-methyl/N-ethyl adjacent to an activating group) is 1. The lowest BCUT2D eigenvalue weighted by Crippen LogP contribution is -2.26. The van der Waals surface area contributed by atoms with Crippen molar-refractivity contribution in [3.8, 4) is 11.1 Å². The van der Waals surface area contributed by atoms with Crippen LogP contribution in [0.4, 0.5) is 13.2 Å². The van der Waals surface area contributed by atoms with E-state index in [0.29, 0.717) is 0 Å². The van der Waals surface area contributed by atoms with Gasteiger partial charge in [-0.1, -0.05) is 43.3 Å². The van der Waals surface area contributed by atoms with Crippen LogP contribution in [0.3, 0.4) is 0 Å². The van der Waals surface area contributed by atoms with Crippen LogP contribution in [0.2, 0.25) is 0 Å². The fourth-order valence-electron chi connectivity index (χ4n) is 2.25. The number of hydrogen-bond acceptors (Lipinski definition) is 2. The second-order valence-electron chi connectivity index (χ2n) is 5.30. The minimum atomic E-state index is -4.29. The maximum Gasteiger partial charge on any atom is 0.416 e. The van der Waals surface area contributed by atoms with Gasteiger partial charge in [0.2, 0.25) is 0 Å². The molecule has 0 bridgehead atoms. The van der Waals surface area contributed by atoms with Gasteiger partial charge in [-0.2, -0.15) is 13.2 Å². The molecule has 0 atom stereocenters. The first-order valence-corrected chi connectivity index (χ1v) is 7.68. The lowest BCUT2D eigenvalue weighted by molar-refractivity contribution is -0.137. The molecule has 0 amide bonds. The van der Waals surface area contributed by atoms with E-state index in [1.165, 1.54) is 12.1 Å². The summed E-state index contributed by atoms with van der Waals surface area (Å²) < 4.78 is 37.7. The molecule has 0 saturated heterocycles. The molecule has 2 rings (SSSR count). The zero-order chi connectivity index (χ0) is 16.7. The number of hydrogen-bond donors (Lipinski definition) is 2. The topological polar surface area (TPSA) is 24.1 Å². The minimum absolute atomic E-state index is 0.622. The molecule has 0 aliphatic rings. The molecule has 23 heavy (non-hydrogen) atoms. The molecule has 0 aromatic heterocycles. The van der Waals surface area contributed by atoms with Crippen molar-refractivity contribution in [3.63, 3.8) is 0 Å². The highest BCUT2D eigenvalue weighted by Gasteiger charge is 2.29. The molecule has 0 unspecified atom stereocenters. The summed E-state index contributed by atoms with van der Waals surface area (Å²) in [6, 6.07) is 13.1. The van der Waals surface area contributed by atoms with Crippen molar-refractivity contribution in [1.82, 2.24) is 10.6 Å². The third-order valence-corrected chi connectivity index (χ3v) is 3.56. The van der Waals surface area contributed by atoms with Gasteiger partial charge < -0.3 is 10.6 Å². The highest BCUT2D eigenvalue weighted by molar-refractivity contribution is 5.64. The van der Waals surface area contributed by atoms with Crippen molar-refractivity contribution in [2.24, 2.45) is 0 Å². The number of nitrogens with one attached hydrogen (secondary N) is 2. The molecule has 0 fully saturated rings. The smallest absolute Gasteiger partial charge is 0.316 e. The molecule has 0 heterocycles. The van der Waals surface area contributed by atoms with Crippen molar-refractivity contribution in [1.29, 1.82) is 0 Å². The van der Waals surface area contributed by atoms with E-state index in [0.717, 1.165) is 55.0 Å². The largest absolute Gasteiger partial charge is 0.416 e. The van der Waals surface area contributed by atoms with Crippen LogP contribution < -0.4 is 10.6 Å². The van der Waals surface area contributed by atoms with Gasteiger partial charge in [0.1, 0.15) is 0 Å². The highest BCUT2D eigenvalue weighted by atomic mass is 19.4. The molecule has 2 N–H and O–H groups in total. The Labute approximate surface area is 134 Å². The van der Waals surface area contributed by atoms with Gasteiger partial charge in [-0.15, -0.1) is 0 Å². The zero-order valence-corrected chi connectivity index (χ0v) is 13.1. The van der Waals surface area contributed by atoms with Gasteiger partial charge in [-0.05, 0) is 35.4 Å². The van der Waals surface area contributed by atoms with E-state index in [-0.39, 0.29) is 0 Å². The molecule has 0 spiro atoms.